The number of nitrogens with two attached hydrogens (primary N) is 1. The summed E-state index contributed by atoms with van der Waals surface area (Å²) >= 11 is 0. The summed E-state index contributed by atoms with van der Waals surface area (Å²) in [5, 5.41) is 38.0. The van der Waals surface area contributed by atoms with Crippen molar-refractivity contribution in [2.45, 2.75) is 30.7 Å². The molecular weight excluding hydrogens is 298 g/mol. The molecule has 0 aliphatic carbocycles. The minimum absolute atomic E-state index is 0.00853. The Balaban J connectivity index is 2.25. The fourth-order valence-electron chi connectivity index (χ4n) is 2.05. The summed E-state index contributed by atoms with van der Waals surface area (Å²) in [6, 6.07) is 5.79. The second kappa shape index (κ2) is 6.28. The highest BCUT2D eigenvalue weighted by Gasteiger charge is 2.48. The zero-order chi connectivity index (χ0) is 16.4. The third-order valence-electron chi connectivity index (χ3n) is 3.21. The second-order valence-electron chi connectivity index (χ2n) is 4.71. The maximum Gasteiger partial charge on any atom is 0.335 e. The smallest absolute Gasteiger partial charge is 0.335 e. The van der Waals surface area contributed by atoms with Crippen molar-refractivity contribution in [3.63, 3.8) is 0 Å². The first-order valence-electron chi connectivity index (χ1n) is 6.31. The van der Waals surface area contributed by atoms with Crippen molar-refractivity contribution in [2.24, 2.45) is 5.73 Å². The number of carbonyl (C=O) groups is 2. The van der Waals surface area contributed by atoms with Crippen LogP contribution in [0.5, 0.6) is 5.75 Å². The van der Waals surface area contributed by atoms with E-state index < -0.39 is 42.6 Å². The fourth-order valence-corrected chi connectivity index (χ4v) is 2.05. The molecule has 0 saturated carbocycles. The number of aliphatic hydroxyl groups excluding tert-OH is 3. The van der Waals surface area contributed by atoms with Gasteiger partial charge >= 0.3 is 5.97 Å². The summed E-state index contributed by atoms with van der Waals surface area (Å²) in [7, 11) is 0. The number of rotatable bonds is 4. The van der Waals surface area contributed by atoms with Crippen LogP contribution in [-0.4, -0.2) is 63.0 Å². The monoisotopic (exact) mass is 313 g/mol. The van der Waals surface area contributed by atoms with Crippen LogP contribution in [0.15, 0.2) is 24.3 Å². The number of primary amides is 1. The van der Waals surface area contributed by atoms with Gasteiger partial charge in [-0.2, -0.15) is 0 Å². The lowest BCUT2D eigenvalue weighted by Crippen LogP contribution is -2.61. The quantitative estimate of drug-likeness (QED) is 0.429. The number of para-hydroxylation sites is 1. The third-order valence-corrected chi connectivity index (χ3v) is 3.21. The van der Waals surface area contributed by atoms with Crippen molar-refractivity contribution in [3.05, 3.63) is 29.8 Å². The van der Waals surface area contributed by atoms with Gasteiger partial charge in [0, 0.05) is 0 Å². The molecule has 0 bridgehead atoms. The fraction of sp³-hybridized carbons (Fsp3) is 0.385. The van der Waals surface area contributed by atoms with Crippen LogP contribution in [0.25, 0.3) is 0 Å². The standard InChI is InChI=1S/C13H15NO8/c14-11(18)5-3-1-2-4-6(5)21-13-9(17)7(15)8(16)10(22-13)12(19)20/h1-4,7-10,13,15-17H,(H2,14,18)(H,19,20). The Morgan fingerprint density at radius 1 is 1.09 bits per heavy atom. The molecule has 6 N–H and O–H groups in total. The number of carbonyl (C=O) groups excluding carboxylic acids is 1. The molecule has 22 heavy (non-hydrogen) atoms. The Kier molecular flexibility index (Phi) is 4.62. The normalized spacial score (nSPS) is 31.5. The average Bonchev–Trinajstić information content (AvgIpc) is 2.47. The first kappa shape index (κ1) is 16.2. The summed E-state index contributed by atoms with van der Waals surface area (Å²) in [6.07, 6.45) is -8.71. The van der Waals surface area contributed by atoms with Crippen molar-refractivity contribution in [3.8, 4) is 5.75 Å². The lowest BCUT2D eigenvalue weighted by Gasteiger charge is -2.38. The molecule has 1 saturated heterocycles. The molecular formula is C13H15NO8. The number of hydrogen-bond acceptors (Lipinski definition) is 7. The lowest BCUT2D eigenvalue weighted by atomic mass is 9.99. The van der Waals surface area contributed by atoms with Crippen molar-refractivity contribution < 1.29 is 39.5 Å². The van der Waals surface area contributed by atoms with Crippen molar-refractivity contribution in [2.75, 3.05) is 0 Å². The Morgan fingerprint density at radius 2 is 1.73 bits per heavy atom. The Hall–Kier alpha value is -2.20. The molecule has 0 radical (unpaired) electrons. The maximum absolute atomic E-state index is 11.3. The Morgan fingerprint density at radius 3 is 2.32 bits per heavy atom. The van der Waals surface area contributed by atoms with Crippen LogP contribution in [0.4, 0.5) is 0 Å². The van der Waals surface area contributed by atoms with E-state index in [1.165, 1.54) is 24.3 Å². The summed E-state index contributed by atoms with van der Waals surface area (Å²) in [5.74, 6) is -2.38. The molecule has 0 spiro atoms. The number of ether oxygens (including phenoxy) is 2. The van der Waals surface area contributed by atoms with Crippen molar-refractivity contribution in [1.82, 2.24) is 0 Å². The van der Waals surface area contributed by atoms with Gasteiger partial charge in [-0.1, -0.05) is 12.1 Å². The highest BCUT2D eigenvalue weighted by atomic mass is 16.7. The van der Waals surface area contributed by atoms with Gasteiger partial charge in [0.05, 0.1) is 5.56 Å². The maximum atomic E-state index is 11.3. The molecule has 1 aromatic carbocycles. The molecule has 1 amide bonds. The number of aliphatic carboxylic acids is 1. The van der Waals surface area contributed by atoms with Gasteiger partial charge in [-0.3, -0.25) is 4.79 Å². The predicted molar refractivity (Wildman–Crippen MR) is 69.9 cm³/mol. The molecule has 1 aliphatic heterocycles. The molecule has 2 rings (SSSR count). The summed E-state index contributed by atoms with van der Waals surface area (Å²) < 4.78 is 10.2. The van der Waals surface area contributed by atoms with Gasteiger partial charge in [0.2, 0.25) is 6.29 Å². The first-order valence-corrected chi connectivity index (χ1v) is 6.31. The van der Waals surface area contributed by atoms with Gasteiger partial charge in [-0.15, -0.1) is 0 Å². The topological polar surface area (TPSA) is 160 Å². The number of carboxylic acids is 1. The van der Waals surface area contributed by atoms with Crippen LogP contribution in [0, 0.1) is 0 Å². The van der Waals surface area contributed by atoms with Gasteiger partial charge in [-0.05, 0) is 12.1 Å². The van der Waals surface area contributed by atoms with E-state index in [9.17, 15) is 24.9 Å². The summed E-state index contributed by atoms with van der Waals surface area (Å²) in [5.41, 5.74) is 5.16. The number of aliphatic hydroxyl groups is 3. The second-order valence-corrected chi connectivity index (χ2v) is 4.71. The van der Waals surface area contributed by atoms with Crippen LogP contribution in [0.3, 0.4) is 0 Å². The summed E-state index contributed by atoms with van der Waals surface area (Å²) in [4.78, 5) is 22.3. The van der Waals surface area contributed by atoms with Crippen molar-refractivity contribution in [1.29, 1.82) is 0 Å². The number of benzene rings is 1. The van der Waals surface area contributed by atoms with Gasteiger partial charge in [0.15, 0.2) is 6.10 Å². The van der Waals surface area contributed by atoms with E-state index in [0.29, 0.717) is 0 Å². The van der Waals surface area contributed by atoms with Crippen LogP contribution < -0.4 is 10.5 Å². The molecule has 1 aromatic rings. The Bertz CT molecular complexity index is 577. The third kappa shape index (κ3) is 3.02. The van der Waals surface area contributed by atoms with E-state index in [2.05, 4.69) is 0 Å². The highest BCUT2D eigenvalue weighted by Crippen LogP contribution is 2.26. The molecule has 5 atom stereocenters. The van der Waals surface area contributed by atoms with Crippen molar-refractivity contribution >= 4 is 11.9 Å². The SMILES string of the molecule is NC(=O)c1ccccc1OC1OC(C(=O)O)C(O)C(O)C1O. The minimum atomic E-state index is -1.82. The van der Waals surface area contributed by atoms with Gasteiger partial charge in [-0.25, -0.2) is 4.79 Å². The van der Waals surface area contributed by atoms with Crippen LogP contribution in [0.2, 0.25) is 0 Å². The van der Waals surface area contributed by atoms with E-state index >= 15 is 0 Å². The molecule has 5 unspecified atom stereocenters. The largest absolute Gasteiger partial charge is 0.479 e. The van der Waals surface area contributed by atoms with Gasteiger partial charge in [0.1, 0.15) is 24.1 Å². The highest BCUT2D eigenvalue weighted by molar-refractivity contribution is 5.95. The number of carboxylic acid groups (broad SMARTS) is 1. The Labute approximate surface area is 124 Å². The summed E-state index contributed by atoms with van der Waals surface area (Å²) in [6.45, 7) is 0. The number of hydrogen-bond donors (Lipinski definition) is 5. The van der Waals surface area contributed by atoms with Crippen LogP contribution in [-0.2, 0) is 9.53 Å². The van der Waals surface area contributed by atoms with Gasteiger partial charge < -0.3 is 35.6 Å². The van der Waals surface area contributed by atoms with E-state index in [0.717, 1.165) is 0 Å². The molecule has 0 aromatic heterocycles. The molecule has 9 heteroatoms. The lowest BCUT2D eigenvalue weighted by molar-refractivity contribution is -0.271. The van der Waals surface area contributed by atoms with E-state index in [4.69, 9.17) is 20.3 Å². The van der Waals surface area contributed by atoms with E-state index in [1.54, 1.807) is 0 Å². The zero-order valence-corrected chi connectivity index (χ0v) is 11.2. The zero-order valence-electron chi connectivity index (χ0n) is 11.2. The number of amides is 1. The van der Waals surface area contributed by atoms with E-state index in [1.807, 2.05) is 0 Å². The van der Waals surface area contributed by atoms with E-state index in [-0.39, 0.29) is 11.3 Å². The average molecular weight is 313 g/mol. The minimum Gasteiger partial charge on any atom is -0.479 e. The first-order chi connectivity index (χ1) is 10.3. The molecule has 1 fully saturated rings. The molecule has 120 valence electrons. The predicted octanol–water partition coefficient (Wildman–Crippen LogP) is -1.94. The molecule has 1 aliphatic rings. The van der Waals surface area contributed by atoms with Crippen LogP contribution in [0.1, 0.15) is 10.4 Å². The van der Waals surface area contributed by atoms with Crippen LogP contribution >= 0.6 is 0 Å². The molecule has 1 heterocycles. The molecule has 9 nitrogen and oxygen atoms in total. The van der Waals surface area contributed by atoms with Gasteiger partial charge in [0.25, 0.3) is 5.91 Å².